The highest BCUT2D eigenvalue weighted by Crippen LogP contribution is 2.33. The predicted octanol–water partition coefficient (Wildman–Crippen LogP) is -0.796. The van der Waals surface area contributed by atoms with E-state index in [9.17, 15) is 10.2 Å². The lowest BCUT2D eigenvalue weighted by Gasteiger charge is -2.11. The van der Waals surface area contributed by atoms with E-state index in [4.69, 9.17) is 5.11 Å². The zero-order chi connectivity index (χ0) is 7.72. The van der Waals surface area contributed by atoms with Crippen molar-refractivity contribution < 1.29 is 15.3 Å². The molecule has 1 saturated heterocycles. The SMILES string of the molecule is C[C@@H]1S[C@H](CO)[C@@H](O)[C@H]1O. The first-order valence-electron chi connectivity index (χ1n) is 3.29. The van der Waals surface area contributed by atoms with Crippen LogP contribution in [0.15, 0.2) is 0 Å². The van der Waals surface area contributed by atoms with Gasteiger partial charge in [0.1, 0.15) is 0 Å². The van der Waals surface area contributed by atoms with Crippen molar-refractivity contribution in [2.24, 2.45) is 0 Å². The molecule has 0 aliphatic carbocycles. The molecule has 3 nitrogen and oxygen atoms in total. The van der Waals surface area contributed by atoms with Crippen LogP contribution in [0.3, 0.4) is 0 Å². The van der Waals surface area contributed by atoms with Crippen LogP contribution in [0.1, 0.15) is 6.92 Å². The summed E-state index contributed by atoms with van der Waals surface area (Å²) < 4.78 is 0. The van der Waals surface area contributed by atoms with E-state index in [1.807, 2.05) is 6.92 Å². The first kappa shape index (κ1) is 8.33. The van der Waals surface area contributed by atoms with E-state index in [1.165, 1.54) is 11.8 Å². The average molecular weight is 164 g/mol. The van der Waals surface area contributed by atoms with Crippen molar-refractivity contribution in [2.45, 2.75) is 29.6 Å². The molecule has 0 aromatic heterocycles. The molecule has 0 saturated carbocycles. The van der Waals surface area contributed by atoms with Crippen molar-refractivity contribution in [2.75, 3.05) is 6.61 Å². The second-order valence-electron chi connectivity index (χ2n) is 2.54. The fraction of sp³-hybridized carbons (Fsp3) is 1.00. The summed E-state index contributed by atoms with van der Waals surface area (Å²) >= 11 is 1.43. The Morgan fingerprint density at radius 2 is 1.90 bits per heavy atom. The Labute approximate surface area is 64.1 Å². The van der Waals surface area contributed by atoms with Gasteiger partial charge in [0, 0.05) is 5.25 Å². The largest absolute Gasteiger partial charge is 0.395 e. The minimum Gasteiger partial charge on any atom is -0.395 e. The molecule has 0 spiro atoms. The Kier molecular flexibility index (Phi) is 2.57. The normalized spacial score (nSPS) is 48.0. The Balaban J connectivity index is 2.53. The van der Waals surface area contributed by atoms with Crippen molar-refractivity contribution in [3.05, 3.63) is 0 Å². The van der Waals surface area contributed by atoms with Crippen LogP contribution in [0.4, 0.5) is 0 Å². The molecule has 0 bridgehead atoms. The van der Waals surface area contributed by atoms with E-state index in [1.54, 1.807) is 0 Å². The summed E-state index contributed by atoms with van der Waals surface area (Å²) in [5, 5.41) is 26.9. The number of aliphatic hydroxyl groups is 3. The number of thioether (sulfide) groups is 1. The highest BCUT2D eigenvalue weighted by molar-refractivity contribution is 8.00. The summed E-state index contributed by atoms with van der Waals surface area (Å²) in [5.41, 5.74) is 0. The van der Waals surface area contributed by atoms with Crippen molar-refractivity contribution in [1.82, 2.24) is 0 Å². The third kappa shape index (κ3) is 1.29. The predicted molar refractivity (Wildman–Crippen MR) is 39.9 cm³/mol. The molecule has 3 N–H and O–H groups in total. The molecule has 0 amide bonds. The van der Waals surface area contributed by atoms with E-state index in [-0.39, 0.29) is 17.1 Å². The van der Waals surface area contributed by atoms with Crippen LogP contribution in [-0.4, -0.2) is 44.6 Å². The van der Waals surface area contributed by atoms with Gasteiger partial charge < -0.3 is 15.3 Å². The molecule has 1 aliphatic rings. The van der Waals surface area contributed by atoms with Gasteiger partial charge in [-0.1, -0.05) is 6.92 Å². The lowest BCUT2D eigenvalue weighted by molar-refractivity contribution is 0.0221. The van der Waals surface area contributed by atoms with Crippen LogP contribution in [0.5, 0.6) is 0 Å². The molecule has 0 aromatic rings. The summed E-state index contributed by atoms with van der Waals surface area (Å²) in [7, 11) is 0. The average Bonchev–Trinajstić information content (AvgIpc) is 2.17. The van der Waals surface area contributed by atoms with Gasteiger partial charge in [0.2, 0.25) is 0 Å². The first-order valence-corrected chi connectivity index (χ1v) is 4.23. The van der Waals surface area contributed by atoms with Crippen LogP contribution in [0, 0.1) is 0 Å². The molecule has 10 heavy (non-hydrogen) atoms. The van der Waals surface area contributed by atoms with Gasteiger partial charge in [0.25, 0.3) is 0 Å². The highest BCUT2D eigenvalue weighted by Gasteiger charge is 2.38. The van der Waals surface area contributed by atoms with E-state index < -0.39 is 12.2 Å². The summed E-state index contributed by atoms with van der Waals surface area (Å²) in [6.07, 6.45) is -1.44. The molecular weight excluding hydrogens is 152 g/mol. The van der Waals surface area contributed by atoms with E-state index in [0.717, 1.165) is 0 Å². The monoisotopic (exact) mass is 164 g/mol. The van der Waals surface area contributed by atoms with Gasteiger partial charge in [0.05, 0.1) is 24.1 Å². The zero-order valence-electron chi connectivity index (χ0n) is 5.77. The fourth-order valence-corrected chi connectivity index (χ4v) is 2.37. The topological polar surface area (TPSA) is 60.7 Å². The van der Waals surface area contributed by atoms with Crippen LogP contribution < -0.4 is 0 Å². The minimum absolute atomic E-state index is 0.0344. The third-order valence-electron chi connectivity index (χ3n) is 1.78. The quantitative estimate of drug-likeness (QED) is 0.475. The number of rotatable bonds is 1. The van der Waals surface area contributed by atoms with E-state index in [2.05, 4.69) is 0 Å². The van der Waals surface area contributed by atoms with Gasteiger partial charge in [-0.2, -0.15) is 0 Å². The van der Waals surface area contributed by atoms with E-state index in [0.29, 0.717) is 0 Å². The molecule has 4 heteroatoms. The fourth-order valence-electron chi connectivity index (χ4n) is 1.09. The van der Waals surface area contributed by atoms with Crippen molar-refractivity contribution >= 4 is 11.8 Å². The molecule has 4 atom stereocenters. The maximum atomic E-state index is 9.20. The standard InChI is InChI=1S/C6H12O3S/c1-3-5(8)6(9)4(2-7)10-3/h3-9H,2H2,1H3/t3-,4+,5-,6+/m0/s1. The molecule has 0 radical (unpaired) electrons. The molecular formula is C6H12O3S. The Bertz CT molecular complexity index is 120. The Morgan fingerprint density at radius 3 is 2.10 bits per heavy atom. The number of hydrogen-bond donors (Lipinski definition) is 3. The molecule has 0 aromatic carbocycles. The van der Waals surface area contributed by atoms with Crippen molar-refractivity contribution in [1.29, 1.82) is 0 Å². The van der Waals surface area contributed by atoms with Crippen molar-refractivity contribution in [3.63, 3.8) is 0 Å². The lowest BCUT2D eigenvalue weighted by atomic mass is 10.1. The first-order chi connectivity index (χ1) is 4.66. The number of aliphatic hydroxyl groups excluding tert-OH is 3. The molecule has 60 valence electrons. The lowest BCUT2D eigenvalue weighted by Crippen LogP contribution is -2.32. The second kappa shape index (κ2) is 3.09. The molecule has 1 heterocycles. The molecule has 0 unspecified atom stereocenters. The summed E-state index contributed by atoms with van der Waals surface area (Å²) in [5.74, 6) is 0. The summed E-state index contributed by atoms with van der Waals surface area (Å²) in [6.45, 7) is 1.78. The Morgan fingerprint density at radius 1 is 1.30 bits per heavy atom. The van der Waals surface area contributed by atoms with Gasteiger partial charge in [-0.25, -0.2) is 0 Å². The van der Waals surface area contributed by atoms with Gasteiger partial charge in [-0.15, -0.1) is 11.8 Å². The zero-order valence-corrected chi connectivity index (χ0v) is 6.58. The molecule has 1 aliphatic heterocycles. The summed E-state index contributed by atoms with van der Waals surface area (Å²) in [6, 6.07) is 0. The van der Waals surface area contributed by atoms with Crippen LogP contribution >= 0.6 is 11.8 Å². The molecule has 1 rings (SSSR count). The molecule has 1 fully saturated rings. The van der Waals surface area contributed by atoms with Crippen LogP contribution in [0.25, 0.3) is 0 Å². The highest BCUT2D eigenvalue weighted by atomic mass is 32.2. The second-order valence-corrected chi connectivity index (χ2v) is 4.16. The maximum Gasteiger partial charge on any atom is 0.0950 e. The minimum atomic E-state index is -0.759. The van der Waals surface area contributed by atoms with Gasteiger partial charge in [0.15, 0.2) is 0 Å². The van der Waals surface area contributed by atoms with Crippen LogP contribution in [0.2, 0.25) is 0 Å². The van der Waals surface area contributed by atoms with E-state index >= 15 is 0 Å². The van der Waals surface area contributed by atoms with Gasteiger partial charge in [-0.3, -0.25) is 0 Å². The Hall–Kier alpha value is 0.230. The summed E-state index contributed by atoms with van der Waals surface area (Å²) in [4.78, 5) is 0. The van der Waals surface area contributed by atoms with Gasteiger partial charge in [-0.05, 0) is 0 Å². The smallest absolute Gasteiger partial charge is 0.0950 e. The van der Waals surface area contributed by atoms with Crippen molar-refractivity contribution in [3.8, 4) is 0 Å². The van der Waals surface area contributed by atoms with Crippen LogP contribution in [-0.2, 0) is 0 Å². The number of hydrogen-bond acceptors (Lipinski definition) is 4. The third-order valence-corrected chi connectivity index (χ3v) is 3.27. The van der Waals surface area contributed by atoms with Gasteiger partial charge >= 0.3 is 0 Å². The maximum absolute atomic E-state index is 9.20.